The number of rotatable bonds is 7. The van der Waals surface area contributed by atoms with Crippen LogP contribution in [0.5, 0.6) is 0 Å². The van der Waals surface area contributed by atoms with Crippen molar-refractivity contribution in [1.82, 2.24) is 0 Å². The lowest BCUT2D eigenvalue weighted by atomic mass is 9.80. The molecule has 1 aliphatic carbocycles. The molecule has 0 radical (unpaired) electrons. The number of para-hydroxylation sites is 1. The van der Waals surface area contributed by atoms with Gasteiger partial charge < -0.3 is 4.90 Å². The lowest BCUT2D eigenvalue weighted by Gasteiger charge is -2.29. The van der Waals surface area contributed by atoms with Crippen LogP contribution in [0.15, 0.2) is 194 Å². The zero-order valence-corrected chi connectivity index (χ0v) is 31.0. The van der Waals surface area contributed by atoms with E-state index in [-0.39, 0.29) is 0 Å². The minimum atomic E-state index is 0.604. The van der Waals surface area contributed by atoms with E-state index in [4.69, 9.17) is 0 Å². The van der Waals surface area contributed by atoms with Crippen LogP contribution in [0.3, 0.4) is 0 Å². The standard InChI is InChI=1S/C54H43N/c1-2-14-42(15-3-1)50-21-10-18-43-19-11-22-52(54(43)50)51-20-8-9-23-53(51)55(48-32-28-40(29-33-48)46-26-24-38-12-4-6-16-44(38)36-46)49-34-30-41(31-35-49)47-27-25-39-13-5-7-17-45(39)37-47/h4-13,16-37,42H,1-3,14-15H2. The SMILES string of the molecule is c1ccc(N(c2ccc(-c3ccc4ccccc4c3)cc2)c2ccc(-c3ccc4ccccc4c3)cc2)c(-c2cccc3cccc(C4CCCCC4)c23)c1. The summed E-state index contributed by atoms with van der Waals surface area (Å²) in [5, 5.41) is 7.77. The molecule has 9 aromatic rings. The average Bonchev–Trinajstić information content (AvgIpc) is 3.27. The van der Waals surface area contributed by atoms with Gasteiger partial charge in [0.2, 0.25) is 0 Å². The molecule has 1 aliphatic rings. The van der Waals surface area contributed by atoms with E-state index in [2.05, 4.69) is 199 Å². The molecule has 0 bridgehead atoms. The third-order valence-corrected chi connectivity index (χ3v) is 11.8. The Hall–Kier alpha value is -6.44. The molecule has 9 aromatic carbocycles. The van der Waals surface area contributed by atoms with Crippen molar-refractivity contribution in [2.24, 2.45) is 0 Å². The summed E-state index contributed by atoms with van der Waals surface area (Å²) < 4.78 is 0. The molecule has 0 amide bonds. The van der Waals surface area contributed by atoms with Crippen molar-refractivity contribution in [3.8, 4) is 33.4 Å². The largest absolute Gasteiger partial charge is 0.310 e. The van der Waals surface area contributed by atoms with Crippen LogP contribution in [-0.4, -0.2) is 0 Å². The van der Waals surface area contributed by atoms with Crippen LogP contribution >= 0.6 is 0 Å². The van der Waals surface area contributed by atoms with Gasteiger partial charge in [0.25, 0.3) is 0 Å². The Morgan fingerprint density at radius 1 is 0.345 bits per heavy atom. The molecule has 0 heterocycles. The van der Waals surface area contributed by atoms with Crippen LogP contribution in [0.4, 0.5) is 17.1 Å². The van der Waals surface area contributed by atoms with Crippen molar-refractivity contribution in [3.63, 3.8) is 0 Å². The van der Waals surface area contributed by atoms with Gasteiger partial charge in [-0.15, -0.1) is 0 Å². The van der Waals surface area contributed by atoms with E-state index < -0.39 is 0 Å². The minimum Gasteiger partial charge on any atom is -0.310 e. The quantitative estimate of drug-likeness (QED) is 0.160. The van der Waals surface area contributed by atoms with Gasteiger partial charge in [-0.3, -0.25) is 0 Å². The fourth-order valence-electron chi connectivity index (χ4n) is 9.02. The highest BCUT2D eigenvalue weighted by molar-refractivity contribution is 6.03. The Kier molecular flexibility index (Phi) is 8.69. The molecule has 0 aliphatic heterocycles. The third kappa shape index (κ3) is 6.36. The first kappa shape index (κ1) is 33.2. The van der Waals surface area contributed by atoms with Crippen LogP contribution < -0.4 is 4.90 Å². The van der Waals surface area contributed by atoms with Gasteiger partial charge in [0.1, 0.15) is 0 Å². The summed E-state index contributed by atoms with van der Waals surface area (Å²) in [7, 11) is 0. The van der Waals surface area contributed by atoms with Gasteiger partial charge >= 0.3 is 0 Å². The summed E-state index contributed by atoms with van der Waals surface area (Å²) in [6.45, 7) is 0. The number of hydrogen-bond donors (Lipinski definition) is 0. The van der Waals surface area contributed by atoms with Crippen molar-refractivity contribution < 1.29 is 0 Å². The second kappa shape index (κ2) is 14.4. The fraction of sp³-hybridized carbons (Fsp3) is 0.111. The van der Waals surface area contributed by atoms with Gasteiger partial charge in [0.15, 0.2) is 0 Å². The molecule has 0 aromatic heterocycles. The van der Waals surface area contributed by atoms with Crippen molar-refractivity contribution in [2.75, 3.05) is 4.90 Å². The van der Waals surface area contributed by atoms with Gasteiger partial charge in [0.05, 0.1) is 5.69 Å². The molecule has 10 rings (SSSR count). The zero-order valence-electron chi connectivity index (χ0n) is 31.0. The molecule has 1 saturated carbocycles. The topological polar surface area (TPSA) is 3.24 Å². The smallest absolute Gasteiger partial charge is 0.0540 e. The number of nitrogens with zero attached hydrogens (tertiary/aromatic N) is 1. The Balaban J connectivity index is 1.11. The first-order valence-electron chi connectivity index (χ1n) is 19.9. The normalized spacial score (nSPS) is 13.4. The molecule has 0 spiro atoms. The van der Waals surface area contributed by atoms with E-state index in [1.165, 1.54) is 109 Å². The van der Waals surface area contributed by atoms with E-state index in [0.29, 0.717) is 5.92 Å². The summed E-state index contributed by atoms with van der Waals surface area (Å²) in [5.41, 5.74) is 12.4. The van der Waals surface area contributed by atoms with Crippen molar-refractivity contribution in [2.45, 2.75) is 38.0 Å². The zero-order chi connectivity index (χ0) is 36.6. The molecular weight excluding hydrogens is 663 g/mol. The predicted octanol–water partition coefficient (Wildman–Crippen LogP) is 15.7. The maximum absolute atomic E-state index is 2.45. The van der Waals surface area contributed by atoms with Crippen LogP contribution in [0.2, 0.25) is 0 Å². The predicted molar refractivity (Wildman–Crippen MR) is 236 cm³/mol. The maximum Gasteiger partial charge on any atom is 0.0540 e. The van der Waals surface area contributed by atoms with Gasteiger partial charge in [-0.25, -0.2) is 0 Å². The first-order chi connectivity index (χ1) is 27.3. The monoisotopic (exact) mass is 705 g/mol. The van der Waals surface area contributed by atoms with Crippen LogP contribution in [-0.2, 0) is 0 Å². The van der Waals surface area contributed by atoms with E-state index in [1.807, 2.05) is 0 Å². The molecule has 0 saturated heterocycles. The second-order valence-corrected chi connectivity index (χ2v) is 15.2. The molecule has 1 heteroatoms. The van der Waals surface area contributed by atoms with Gasteiger partial charge in [-0.2, -0.15) is 0 Å². The van der Waals surface area contributed by atoms with E-state index in [9.17, 15) is 0 Å². The summed E-state index contributed by atoms with van der Waals surface area (Å²) in [5.74, 6) is 0.604. The maximum atomic E-state index is 2.45. The lowest BCUT2D eigenvalue weighted by Crippen LogP contribution is -2.11. The highest BCUT2D eigenvalue weighted by Crippen LogP contribution is 2.46. The summed E-state index contributed by atoms with van der Waals surface area (Å²) in [6.07, 6.45) is 6.53. The van der Waals surface area contributed by atoms with Crippen LogP contribution in [0.1, 0.15) is 43.6 Å². The second-order valence-electron chi connectivity index (χ2n) is 15.2. The summed E-state index contributed by atoms with van der Waals surface area (Å²) in [6, 6.07) is 71.8. The molecule has 0 unspecified atom stereocenters. The molecule has 0 N–H and O–H groups in total. The summed E-state index contributed by atoms with van der Waals surface area (Å²) >= 11 is 0. The highest BCUT2D eigenvalue weighted by atomic mass is 15.1. The molecule has 55 heavy (non-hydrogen) atoms. The van der Waals surface area contributed by atoms with Crippen LogP contribution in [0, 0.1) is 0 Å². The van der Waals surface area contributed by atoms with Crippen molar-refractivity contribution in [1.29, 1.82) is 0 Å². The van der Waals surface area contributed by atoms with E-state index in [1.54, 1.807) is 0 Å². The number of fused-ring (bicyclic) bond motifs is 3. The number of hydrogen-bond acceptors (Lipinski definition) is 1. The van der Waals surface area contributed by atoms with Crippen molar-refractivity contribution in [3.05, 3.63) is 200 Å². The third-order valence-electron chi connectivity index (χ3n) is 11.8. The minimum absolute atomic E-state index is 0.604. The fourth-order valence-corrected chi connectivity index (χ4v) is 9.02. The lowest BCUT2D eigenvalue weighted by molar-refractivity contribution is 0.445. The van der Waals surface area contributed by atoms with Crippen LogP contribution in [0.25, 0.3) is 65.7 Å². The number of benzene rings is 9. The van der Waals surface area contributed by atoms with Gasteiger partial charge in [0, 0.05) is 16.9 Å². The van der Waals surface area contributed by atoms with Gasteiger partial charge in [-0.05, 0) is 127 Å². The van der Waals surface area contributed by atoms with E-state index >= 15 is 0 Å². The number of anilines is 3. The highest BCUT2D eigenvalue weighted by Gasteiger charge is 2.23. The first-order valence-corrected chi connectivity index (χ1v) is 19.9. The molecule has 0 atom stereocenters. The Morgan fingerprint density at radius 2 is 0.818 bits per heavy atom. The average molecular weight is 706 g/mol. The molecular formula is C54H43N. The Labute approximate surface area is 324 Å². The molecule has 1 nitrogen and oxygen atoms in total. The Bertz CT molecular complexity index is 2660. The van der Waals surface area contributed by atoms with Crippen molar-refractivity contribution >= 4 is 49.4 Å². The summed E-state index contributed by atoms with van der Waals surface area (Å²) in [4.78, 5) is 2.45. The molecule has 1 fully saturated rings. The van der Waals surface area contributed by atoms with Gasteiger partial charge in [-0.1, -0.05) is 171 Å². The molecule has 264 valence electrons. The Morgan fingerprint density at radius 3 is 1.42 bits per heavy atom. The van der Waals surface area contributed by atoms with E-state index in [0.717, 1.165) is 11.4 Å².